The van der Waals surface area contributed by atoms with Crippen molar-refractivity contribution >= 4 is 51.8 Å². The van der Waals surface area contributed by atoms with Crippen molar-refractivity contribution in [3.8, 4) is 0 Å². The van der Waals surface area contributed by atoms with E-state index < -0.39 is 0 Å². The van der Waals surface area contributed by atoms with E-state index in [1.807, 2.05) is 25.1 Å². The maximum atomic E-state index is 6.12. The van der Waals surface area contributed by atoms with E-state index in [1.165, 1.54) is 0 Å². The molecule has 98 valence electrons. The van der Waals surface area contributed by atoms with E-state index in [9.17, 15) is 0 Å². The average molecular weight is 311 g/mol. The second-order valence-corrected chi connectivity index (χ2v) is 5.45. The Balaban J connectivity index is 2.43. The van der Waals surface area contributed by atoms with Crippen molar-refractivity contribution in [1.82, 2.24) is 0 Å². The van der Waals surface area contributed by atoms with Gasteiger partial charge in [0.1, 0.15) is 4.99 Å². The number of nitrogens with two attached hydrogens (primary N) is 1. The Morgan fingerprint density at radius 3 is 2.53 bits per heavy atom. The predicted octanol–water partition coefficient (Wildman–Crippen LogP) is 4.68. The molecule has 0 fully saturated rings. The van der Waals surface area contributed by atoms with Crippen molar-refractivity contribution in [1.29, 1.82) is 0 Å². The first-order chi connectivity index (χ1) is 8.97. The van der Waals surface area contributed by atoms with Gasteiger partial charge in [-0.15, -0.1) is 0 Å². The topological polar surface area (TPSA) is 38.0 Å². The van der Waals surface area contributed by atoms with E-state index in [1.54, 1.807) is 18.2 Å². The lowest BCUT2D eigenvalue weighted by atomic mass is 10.1. The third-order valence-corrected chi connectivity index (χ3v) is 3.42. The number of nitrogens with one attached hydrogen (secondary N) is 1. The second kappa shape index (κ2) is 5.78. The summed E-state index contributed by atoms with van der Waals surface area (Å²) in [5, 5.41) is 4.40. The fourth-order valence-corrected chi connectivity index (χ4v) is 2.22. The molecule has 0 radical (unpaired) electrons. The Morgan fingerprint density at radius 2 is 1.84 bits per heavy atom. The predicted molar refractivity (Wildman–Crippen MR) is 86.8 cm³/mol. The van der Waals surface area contributed by atoms with Gasteiger partial charge >= 0.3 is 0 Å². The molecule has 0 aliphatic heterocycles. The molecule has 2 rings (SSSR count). The standard InChI is InChI=1S/C14H12Cl2N2S/c1-8-2-5-12(10(6-8)14(17)19)18-13-7-9(15)3-4-11(13)16/h2-7,18H,1H3,(H2,17,19). The van der Waals surface area contributed by atoms with Crippen LogP contribution in [-0.4, -0.2) is 4.99 Å². The molecular weight excluding hydrogens is 299 g/mol. The smallest absolute Gasteiger partial charge is 0.106 e. The summed E-state index contributed by atoms with van der Waals surface area (Å²) in [5.74, 6) is 0. The molecule has 0 amide bonds. The lowest BCUT2D eigenvalue weighted by Gasteiger charge is -2.13. The number of hydrogen-bond acceptors (Lipinski definition) is 2. The molecule has 2 aromatic carbocycles. The third kappa shape index (κ3) is 3.38. The number of aryl methyl sites for hydroxylation is 1. The molecule has 0 heterocycles. The number of anilines is 2. The average Bonchev–Trinajstić information content (AvgIpc) is 2.35. The maximum absolute atomic E-state index is 6.12. The van der Waals surface area contributed by atoms with Crippen LogP contribution < -0.4 is 11.1 Å². The number of thiocarbonyl (C=S) groups is 1. The van der Waals surface area contributed by atoms with Crippen molar-refractivity contribution in [2.24, 2.45) is 5.73 Å². The van der Waals surface area contributed by atoms with Gasteiger partial charge in [-0.2, -0.15) is 0 Å². The molecule has 0 spiro atoms. The van der Waals surface area contributed by atoms with Gasteiger partial charge in [0.2, 0.25) is 0 Å². The summed E-state index contributed by atoms with van der Waals surface area (Å²) in [7, 11) is 0. The Hall–Kier alpha value is -1.29. The van der Waals surface area contributed by atoms with Gasteiger partial charge in [-0.1, -0.05) is 47.0 Å². The van der Waals surface area contributed by atoms with Gasteiger partial charge in [0.25, 0.3) is 0 Å². The van der Waals surface area contributed by atoms with Gasteiger partial charge in [0, 0.05) is 16.3 Å². The van der Waals surface area contributed by atoms with E-state index in [2.05, 4.69) is 5.32 Å². The van der Waals surface area contributed by atoms with Crippen LogP contribution in [-0.2, 0) is 0 Å². The first-order valence-electron chi connectivity index (χ1n) is 5.60. The molecule has 0 aliphatic carbocycles. The van der Waals surface area contributed by atoms with Gasteiger partial charge < -0.3 is 11.1 Å². The molecule has 0 saturated heterocycles. The summed E-state index contributed by atoms with van der Waals surface area (Å²) in [5.41, 5.74) is 9.14. The largest absolute Gasteiger partial charge is 0.389 e. The highest BCUT2D eigenvalue weighted by atomic mass is 35.5. The van der Waals surface area contributed by atoms with Gasteiger partial charge in [-0.25, -0.2) is 0 Å². The van der Waals surface area contributed by atoms with Crippen molar-refractivity contribution < 1.29 is 0 Å². The van der Waals surface area contributed by atoms with Gasteiger partial charge in [0.15, 0.2) is 0 Å². The Morgan fingerprint density at radius 1 is 1.11 bits per heavy atom. The summed E-state index contributed by atoms with van der Waals surface area (Å²) >= 11 is 17.1. The Kier molecular flexibility index (Phi) is 4.30. The molecule has 0 saturated carbocycles. The number of hydrogen-bond donors (Lipinski definition) is 2. The van der Waals surface area contributed by atoms with Crippen LogP contribution in [0.5, 0.6) is 0 Å². The molecule has 0 aliphatic rings. The molecule has 0 unspecified atom stereocenters. The van der Waals surface area contributed by atoms with Crippen LogP contribution in [0.25, 0.3) is 0 Å². The van der Waals surface area contributed by atoms with E-state index in [4.69, 9.17) is 41.2 Å². The van der Waals surface area contributed by atoms with Crippen molar-refractivity contribution in [3.63, 3.8) is 0 Å². The summed E-state index contributed by atoms with van der Waals surface area (Å²) in [4.78, 5) is 0.337. The minimum atomic E-state index is 0.337. The van der Waals surface area contributed by atoms with Crippen molar-refractivity contribution in [2.45, 2.75) is 6.92 Å². The minimum absolute atomic E-state index is 0.337. The van der Waals surface area contributed by atoms with Crippen molar-refractivity contribution in [3.05, 3.63) is 57.6 Å². The Bertz CT molecular complexity index is 641. The zero-order chi connectivity index (χ0) is 14.0. The molecule has 0 aromatic heterocycles. The fraction of sp³-hybridized carbons (Fsp3) is 0.0714. The van der Waals surface area contributed by atoms with Crippen LogP contribution >= 0.6 is 35.4 Å². The van der Waals surface area contributed by atoms with Crippen LogP contribution in [0.15, 0.2) is 36.4 Å². The van der Waals surface area contributed by atoms with E-state index in [-0.39, 0.29) is 0 Å². The fourth-order valence-electron chi connectivity index (χ4n) is 1.71. The van der Waals surface area contributed by atoms with Gasteiger partial charge in [0.05, 0.1) is 10.7 Å². The van der Waals surface area contributed by atoms with Crippen LogP contribution in [0.2, 0.25) is 10.0 Å². The summed E-state index contributed by atoms with van der Waals surface area (Å²) < 4.78 is 0. The third-order valence-electron chi connectivity index (χ3n) is 2.64. The lowest BCUT2D eigenvalue weighted by molar-refractivity contribution is 1.43. The van der Waals surface area contributed by atoms with Crippen LogP contribution in [0.3, 0.4) is 0 Å². The quantitative estimate of drug-likeness (QED) is 0.808. The normalized spacial score (nSPS) is 10.3. The Labute approximate surface area is 127 Å². The molecule has 3 N–H and O–H groups in total. The summed E-state index contributed by atoms with van der Waals surface area (Å²) in [6.07, 6.45) is 0. The van der Waals surface area contributed by atoms with E-state index >= 15 is 0 Å². The maximum Gasteiger partial charge on any atom is 0.106 e. The van der Waals surface area contributed by atoms with Crippen LogP contribution in [0, 0.1) is 6.92 Å². The highest BCUT2D eigenvalue weighted by molar-refractivity contribution is 7.80. The molecule has 2 aromatic rings. The summed E-state index contributed by atoms with van der Waals surface area (Å²) in [6.45, 7) is 1.98. The van der Waals surface area contributed by atoms with E-state index in [0.29, 0.717) is 15.0 Å². The molecule has 5 heteroatoms. The number of benzene rings is 2. The molecular formula is C14H12Cl2N2S. The first-order valence-corrected chi connectivity index (χ1v) is 6.76. The molecule has 19 heavy (non-hydrogen) atoms. The van der Waals surface area contributed by atoms with Gasteiger partial charge in [-0.3, -0.25) is 0 Å². The minimum Gasteiger partial charge on any atom is -0.389 e. The second-order valence-electron chi connectivity index (χ2n) is 4.16. The monoisotopic (exact) mass is 310 g/mol. The zero-order valence-corrected chi connectivity index (χ0v) is 12.5. The van der Waals surface area contributed by atoms with Crippen LogP contribution in [0.1, 0.15) is 11.1 Å². The van der Waals surface area contributed by atoms with Crippen molar-refractivity contribution in [2.75, 3.05) is 5.32 Å². The lowest BCUT2D eigenvalue weighted by Crippen LogP contribution is -2.12. The van der Waals surface area contributed by atoms with Gasteiger partial charge in [-0.05, 0) is 37.3 Å². The molecule has 0 bridgehead atoms. The van der Waals surface area contributed by atoms with Crippen LogP contribution in [0.4, 0.5) is 11.4 Å². The first kappa shape index (κ1) is 14.1. The number of rotatable bonds is 3. The zero-order valence-electron chi connectivity index (χ0n) is 10.2. The molecule has 0 atom stereocenters. The SMILES string of the molecule is Cc1ccc(Nc2cc(Cl)ccc2Cl)c(C(N)=S)c1. The highest BCUT2D eigenvalue weighted by Gasteiger charge is 2.08. The number of halogens is 2. The molecule has 2 nitrogen and oxygen atoms in total. The highest BCUT2D eigenvalue weighted by Crippen LogP contribution is 2.30. The van der Waals surface area contributed by atoms with E-state index in [0.717, 1.165) is 22.5 Å². The summed E-state index contributed by atoms with van der Waals surface area (Å²) in [6, 6.07) is 11.1.